The highest BCUT2D eigenvalue weighted by Crippen LogP contribution is 2.40. The lowest BCUT2D eigenvalue weighted by Gasteiger charge is -2.31. The van der Waals surface area contributed by atoms with E-state index in [1.807, 2.05) is 0 Å². The van der Waals surface area contributed by atoms with Gasteiger partial charge in [0.15, 0.2) is 0 Å². The molecule has 2 unspecified atom stereocenters. The van der Waals surface area contributed by atoms with Crippen molar-refractivity contribution in [1.82, 2.24) is 4.31 Å². The molecular formula is C15H23NO4S. The van der Waals surface area contributed by atoms with E-state index in [1.165, 1.54) is 6.42 Å². The number of furan rings is 1. The molecule has 0 amide bonds. The van der Waals surface area contributed by atoms with Crippen LogP contribution in [0.15, 0.2) is 9.31 Å². The molecule has 6 heteroatoms. The zero-order valence-corrected chi connectivity index (χ0v) is 13.4. The van der Waals surface area contributed by atoms with E-state index in [9.17, 15) is 13.5 Å². The predicted molar refractivity (Wildman–Crippen MR) is 78.4 cm³/mol. The molecule has 1 saturated heterocycles. The number of sulfonamides is 1. The summed E-state index contributed by atoms with van der Waals surface area (Å²) in [5, 5.41) is 9.51. The van der Waals surface area contributed by atoms with Crippen LogP contribution in [0.4, 0.5) is 0 Å². The molecule has 2 atom stereocenters. The Balaban J connectivity index is 2.01. The van der Waals surface area contributed by atoms with Gasteiger partial charge in [-0.15, -0.1) is 0 Å². The third-order valence-electron chi connectivity index (χ3n) is 5.01. The van der Waals surface area contributed by atoms with Gasteiger partial charge in [-0.1, -0.05) is 12.8 Å². The summed E-state index contributed by atoms with van der Waals surface area (Å²) in [5.41, 5.74) is 0.409. The molecule has 0 spiro atoms. The van der Waals surface area contributed by atoms with Crippen LogP contribution in [0.25, 0.3) is 0 Å². The summed E-state index contributed by atoms with van der Waals surface area (Å²) in [7, 11) is -3.58. The zero-order valence-electron chi connectivity index (χ0n) is 12.6. The quantitative estimate of drug-likeness (QED) is 0.930. The van der Waals surface area contributed by atoms with Crippen molar-refractivity contribution in [3.8, 4) is 0 Å². The number of fused-ring (bicyclic) bond motifs is 1. The topological polar surface area (TPSA) is 70.8 Å². The average molecular weight is 313 g/mol. The van der Waals surface area contributed by atoms with Crippen LogP contribution >= 0.6 is 0 Å². The van der Waals surface area contributed by atoms with Crippen molar-refractivity contribution in [1.29, 1.82) is 0 Å². The molecule has 1 aliphatic heterocycles. The van der Waals surface area contributed by atoms with E-state index in [0.29, 0.717) is 29.5 Å². The van der Waals surface area contributed by atoms with Gasteiger partial charge in [-0.3, -0.25) is 0 Å². The first-order valence-electron chi connectivity index (χ1n) is 7.68. The van der Waals surface area contributed by atoms with E-state index in [-0.39, 0.29) is 17.5 Å². The predicted octanol–water partition coefficient (Wildman–Crippen LogP) is 2.34. The van der Waals surface area contributed by atoms with Gasteiger partial charge in [-0.05, 0) is 39.0 Å². The highest BCUT2D eigenvalue weighted by molar-refractivity contribution is 7.89. The summed E-state index contributed by atoms with van der Waals surface area (Å²) < 4.78 is 33.2. The minimum atomic E-state index is -3.58. The van der Waals surface area contributed by atoms with E-state index in [2.05, 4.69) is 0 Å². The van der Waals surface area contributed by atoms with Gasteiger partial charge < -0.3 is 9.52 Å². The first kappa shape index (κ1) is 15.1. The van der Waals surface area contributed by atoms with Crippen LogP contribution in [-0.2, 0) is 16.6 Å². The second-order valence-electron chi connectivity index (χ2n) is 6.20. The van der Waals surface area contributed by atoms with E-state index in [1.54, 1.807) is 18.2 Å². The molecule has 1 aromatic heterocycles. The van der Waals surface area contributed by atoms with E-state index >= 15 is 0 Å². The molecule has 0 aromatic carbocycles. The average Bonchev–Trinajstić information content (AvgIpc) is 2.99. The first-order valence-corrected chi connectivity index (χ1v) is 9.12. The second kappa shape index (κ2) is 5.41. The van der Waals surface area contributed by atoms with Gasteiger partial charge in [-0.25, -0.2) is 8.42 Å². The van der Waals surface area contributed by atoms with Gasteiger partial charge in [0, 0.05) is 18.2 Å². The van der Waals surface area contributed by atoms with Crippen molar-refractivity contribution in [2.45, 2.75) is 63.5 Å². The van der Waals surface area contributed by atoms with Crippen molar-refractivity contribution in [3.63, 3.8) is 0 Å². The molecule has 2 fully saturated rings. The van der Waals surface area contributed by atoms with E-state index in [0.717, 1.165) is 25.7 Å². The molecule has 21 heavy (non-hydrogen) atoms. The minimum Gasteiger partial charge on any atom is -0.465 e. The van der Waals surface area contributed by atoms with Crippen LogP contribution in [0.3, 0.4) is 0 Å². The highest BCUT2D eigenvalue weighted by Gasteiger charge is 2.44. The molecule has 2 aliphatic rings. The number of aliphatic hydroxyl groups is 1. The maximum absolute atomic E-state index is 13.1. The van der Waals surface area contributed by atoms with Crippen LogP contribution in [0.2, 0.25) is 0 Å². The van der Waals surface area contributed by atoms with Crippen LogP contribution in [0.1, 0.15) is 49.2 Å². The number of hydrogen-bond donors (Lipinski definition) is 1. The summed E-state index contributed by atoms with van der Waals surface area (Å²) in [4.78, 5) is 0.189. The lowest BCUT2D eigenvalue weighted by molar-refractivity contribution is 0.258. The Labute approximate surface area is 126 Å². The number of hydrogen-bond acceptors (Lipinski definition) is 4. The van der Waals surface area contributed by atoms with Gasteiger partial charge in [0.05, 0.1) is 6.61 Å². The summed E-state index contributed by atoms with van der Waals surface area (Å²) in [6.07, 6.45) is 5.35. The Hall–Kier alpha value is -0.850. The number of rotatable bonds is 3. The molecule has 0 bridgehead atoms. The molecule has 3 rings (SSSR count). The molecule has 2 heterocycles. The van der Waals surface area contributed by atoms with E-state index < -0.39 is 10.0 Å². The summed E-state index contributed by atoms with van der Waals surface area (Å²) >= 11 is 0. The van der Waals surface area contributed by atoms with Crippen LogP contribution in [0.5, 0.6) is 0 Å². The van der Waals surface area contributed by atoms with Crippen molar-refractivity contribution in [2.75, 3.05) is 6.54 Å². The molecule has 1 N–H and O–H groups in total. The number of nitrogens with zero attached hydrogens (tertiary/aromatic N) is 1. The zero-order chi connectivity index (χ0) is 15.2. The number of aryl methyl sites for hydroxylation is 2. The smallest absolute Gasteiger partial charge is 0.247 e. The van der Waals surface area contributed by atoms with Gasteiger partial charge in [0.2, 0.25) is 10.0 Å². The van der Waals surface area contributed by atoms with Crippen LogP contribution in [0, 0.1) is 19.8 Å². The Kier molecular flexibility index (Phi) is 3.88. The largest absolute Gasteiger partial charge is 0.465 e. The lowest BCUT2D eigenvalue weighted by Crippen LogP contribution is -2.39. The maximum Gasteiger partial charge on any atom is 0.247 e. The standard InChI is InChI=1S/C15H23NO4S/c1-10-13(9-17)15(11(2)20-10)21(18,19)16-8-7-12-5-3-4-6-14(12)16/h12,14,17H,3-9H2,1-2H3. The molecular weight excluding hydrogens is 290 g/mol. The molecule has 1 aromatic rings. The maximum atomic E-state index is 13.1. The van der Waals surface area contributed by atoms with E-state index in [4.69, 9.17) is 4.42 Å². The second-order valence-corrected chi connectivity index (χ2v) is 8.02. The summed E-state index contributed by atoms with van der Waals surface area (Å²) in [6.45, 7) is 3.64. The monoisotopic (exact) mass is 313 g/mol. The third kappa shape index (κ3) is 2.33. The Morgan fingerprint density at radius 3 is 2.62 bits per heavy atom. The van der Waals surface area contributed by atoms with Crippen molar-refractivity contribution in [2.24, 2.45) is 5.92 Å². The van der Waals surface area contributed by atoms with Crippen molar-refractivity contribution in [3.05, 3.63) is 17.1 Å². The summed E-state index contributed by atoms with van der Waals surface area (Å²) in [6, 6.07) is 0.130. The van der Waals surface area contributed by atoms with Gasteiger partial charge in [-0.2, -0.15) is 4.31 Å². The number of aliphatic hydroxyl groups excluding tert-OH is 1. The third-order valence-corrected chi connectivity index (χ3v) is 7.13. The lowest BCUT2D eigenvalue weighted by atomic mass is 9.86. The summed E-state index contributed by atoms with van der Waals surface area (Å²) in [5.74, 6) is 1.38. The Morgan fingerprint density at radius 2 is 1.90 bits per heavy atom. The molecule has 1 saturated carbocycles. The van der Waals surface area contributed by atoms with Crippen LogP contribution in [-0.4, -0.2) is 30.4 Å². The molecule has 118 valence electrons. The van der Waals surface area contributed by atoms with Gasteiger partial charge in [0.1, 0.15) is 16.4 Å². The normalized spacial score (nSPS) is 27.0. The fourth-order valence-electron chi connectivity index (χ4n) is 4.01. The Morgan fingerprint density at radius 1 is 1.19 bits per heavy atom. The molecule has 0 radical (unpaired) electrons. The Bertz CT molecular complexity index is 634. The highest BCUT2D eigenvalue weighted by atomic mass is 32.2. The molecule has 1 aliphatic carbocycles. The van der Waals surface area contributed by atoms with Crippen molar-refractivity contribution >= 4 is 10.0 Å². The fraction of sp³-hybridized carbons (Fsp3) is 0.733. The van der Waals surface area contributed by atoms with Crippen LogP contribution < -0.4 is 0 Å². The fourth-order valence-corrected chi connectivity index (χ4v) is 6.15. The van der Waals surface area contributed by atoms with Crippen molar-refractivity contribution < 1.29 is 17.9 Å². The minimum absolute atomic E-state index is 0.130. The molecule has 5 nitrogen and oxygen atoms in total. The van der Waals surface area contributed by atoms with Gasteiger partial charge >= 0.3 is 0 Å². The van der Waals surface area contributed by atoms with Gasteiger partial charge in [0.25, 0.3) is 0 Å². The SMILES string of the molecule is Cc1oc(C)c(S(=O)(=O)N2CCC3CCCCC32)c1CO. The first-order chi connectivity index (χ1) is 9.96.